The van der Waals surface area contributed by atoms with Gasteiger partial charge in [-0.2, -0.15) is 0 Å². The monoisotopic (exact) mass is 231 g/mol. The van der Waals surface area contributed by atoms with Crippen molar-refractivity contribution in [2.75, 3.05) is 6.61 Å². The van der Waals surface area contributed by atoms with Crippen molar-refractivity contribution in [1.82, 2.24) is 0 Å². The maximum absolute atomic E-state index is 10.4. The van der Waals surface area contributed by atoms with Gasteiger partial charge in [-0.3, -0.25) is 0 Å². The van der Waals surface area contributed by atoms with Gasteiger partial charge in [-0.05, 0) is 11.5 Å². The largest absolute Gasteiger partial charge is 0.870 e. The predicted octanol–water partition coefficient (Wildman–Crippen LogP) is 0.917. The summed E-state index contributed by atoms with van der Waals surface area (Å²) >= 11 is 0. The molecule has 0 bridgehead atoms. The average Bonchev–Trinajstić information content (AvgIpc) is 1.86. The van der Waals surface area contributed by atoms with Crippen molar-refractivity contribution in [3.63, 3.8) is 0 Å². The molecule has 2 N–H and O–H groups in total. The van der Waals surface area contributed by atoms with Crippen molar-refractivity contribution in [1.29, 1.82) is 0 Å². The molecule has 78 valence electrons. The molecular formula is C4H9O7P2-. The van der Waals surface area contributed by atoms with Crippen molar-refractivity contribution in [3.8, 4) is 0 Å². The summed E-state index contributed by atoms with van der Waals surface area (Å²) in [6.07, 6.45) is 3.26. The lowest BCUT2D eigenvalue weighted by Gasteiger charge is -1.77. The highest BCUT2D eigenvalue weighted by Gasteiger charge is 2.29. The van der Waals surface area contributed by atoms with Crippen molar-refractivity contribution in [2.24, 2.45) is 0 Å². The van der Waals surface area contributed by atoms with E-state index in [4.69, 9.17) is 0 Å². The predicted molar refractivity (Wildman–Crippen MR) is 40.9 cm³/mol. The molecule has 0 fully saturated rings. The first kappa shape index (κ1) is 18.5. The van der Waals surface area contributed by atoms with Crippen molar-refractivity contribution in [2.45, 2.75) is 6.92 Å². The van der Waals surface area contributed by atoms with Crippen LogP contribution in [0.2, 0.25) is 0 Å². The van der Waals surface area contributed by atoms with E-state index in [1.54, 1.807) is 19.1 Å². The fraction of sp³-hybridized carbons (Fsp3) is 0.500. The second kappa shape index (κ2) is 11.7. The van der Waals surface area contributed by atoms with Crippen LogP contribution in [0.15, 0.2) is 12.2 Å². The molecule has 0 amide bonds. The van der Waals surface area contributed by atoms with E-state index in [2.05, 4.69) is 8.83 Å². The Bertz CT molecular complexity index is 179. The SMILES string of the molecule is C/C=C/CO[P+](=O)O[P+](=O)[O-].[OH-].[OH-]. The van der Waals surface area contributed by atoms with Gasteiger partial charge in [-0.1, -0.05) is 12.2 Å². The Labute approximate surface area is 76.9 Å². The summed E-state index contributed by atoms with van der Waals surface area (Å²) in [5, 5.41) is 0. The number of rotatable bonds is 5. The van der Waals surface area contributed by atoms with Crippen LogP contribution in [0.4, 0.5) is 0 Å². The molecule has 0 rings (SSSR count). The topological polar surface area (TPSA) is 136 Å². The van der Waals surface area contributed by atoms with Crippen LogP contribution in [0.3, 0.4) is 0 Å². The minimum Gasteiger partial charge on any atom is -0.870 e. The molecule has 0 saturated carbocycles. The van der Waals surface area contributed by atoms with Crippen molar-refractivity contribution in [3.05, 3.63) is 12.2 Å². The van der Waals surface area contributed by atoms with Gasteiger partial charge in [0.2, 0.25) is 0 Å². The highest BCUT2D eigenvalue weighted by atomic mass is 31.2. The number of hydrogen-bond donors (Lipinski definition) is 0. The molecule has 0 aromatic heterocycles. The highest BCUT2D eigenvalue weighted by Crippen LogP contribution is 2.33. The van der Waals surface area contributed by atoms with Crippen LogP contribution >= 0.6 is 16.5 Å². The molecule has 0 aliphatic rings. The minimum absolute atomic E-state index is 0. The van der Waals surface area contributed by atoms with Gasteiger partial charge in [-0.25, -0.2) is 0 Å². The number of hydrogen-bond acceptors (Lipinski definition) is 7. The summed E-state index contributed by atoms with van der Waals surface area (Å²) in [6.45, 7) is 1.83. The number of allylic oxidation sites excluding steroid dienone is 1. The molecule has 2 unspecified atom stereocenters. The molecule has 7 nitrogen and oxygen atoms in total. The van der Waals surface area contributed by atoms with Crippen LogP contribution in [0.1, 0.15) is 6.92 Å². The molecule has 0 aliphatic carbocycles. The Morgan fingerprint density at radius 2 is 1.92 bits per heavy atom. The Morgan fingerprint density at radius 1 is 1.38 bits per heavy atom. The van der Waals surface area contributed by atoms with Gasteiger partial charge in [0.15, 0.2) is 0 Å². The van der Waals surface area contributed by atoms with Gasteiger partial charge < -0.3 is 15.8 Å². The van der Waals surface area contributed by atoms with E-state index in [1.165, 1.54) is 0 Å². The maximum Gasteiger partial charge on any atom is 0.744 e. The van der Waals surface area contributed by atoms with Gasteiger partial charge in [0, 0.05) is 4.57 Å². The van der Waals surface area contributed by atoms with Crippen molar-refractivity contribution < 1.29 is 33.8 Å². The molecule has 0 saturated heterocycles. The van der Waals surface area contributed by atoms with Gasteiger partial charge in [0.05, 0.1) is 0 Å². The summed E-state index contributed by atoms with van der Waals surface area (Å²) < 4.78 is 28.4. The first-order valence-corrected chi connectivity index (χ1v) is 4.89. The lowest BCUT2D eigenvalue weighted by Crippen LogP contribution is -1.87. The van der Waals surface area contributed by atoms with Crippen LogP contribution in [0.25, 0.3) is 0 Å². The fourth-order valence-corrected chi connectivity index (χ4v) is 1.11. The molecule has 0 aliphatic heterocycles. The molecule has 13 heavy (non-hydrogen) atoms. The minimum atomic E-state index is -3.09. The average molecular weight is 231 g/mol. The van der Waals surface area contributed by atoms with E-state index in [-0.39, 0.29) is 17.6 Å². The smallest absolute Gasteiger partial charge is 0.744 e. The fourth-order valence-electron chi connectivity index (χ4n) is 0.278. The maximum atomic E-state index is 10.4. The summed E-state index contributed by atoms with van der Waals surface area (Å²) in [5.41, 5.74) is 0. The van der Waals surface area contributed by atoms with Gasteiger partial charge in [0.1, 0.15) is 10.9 Å². The first-order valence-electron chi connectivity index (χ1n) is 2.70. The lowest BCUT2D eigenvalue weighted by atomic mass is 10.6. The third kappa shape index (κ3) is 14.6. The van der Waals surface area contributed by atoms with Crippen molar-refractivity contribution >= 4 is 16.5 Å². The molecule has 0 spiro atoms. The third-order valence-corrected chi connectivity index (χ3v) is 2.07. The molecule has 0 heterocycles. The van der Waals surface area contributed by atoms with E-state index in [9.17, 15) is 14.0 Å². The molecular weight excluding hydrogens is 222 g/mol. The highest BCUT2D eigenvalue weighted by molar-refractivity contribution is 7.46. The van der Waals surface area contributed by atoms with E-state index in [0.717, 1.165) is 0 Å². The molecule has 0 radical (unpaired) electrons. The molecule has 0 aromatic rings. The zero-order valence-corrected chi connectivity index (χ0v) is 8.48. The van der Waals surface area contributed by atoms with Gasteiger partial charge in [0.25, 0.3) is 0 Å². The Morgan fingerprint density at radius 3 is 2.31 bits per heavy atom. The Balaban J connectivity index is -0.000000500. The summed E-state index contributed by atoms with van der Waals surface area (Å²) in [6, 6.07) is 0. The summed E-state index contributed by atoms with van der Waals surface area (Å²) in [5.74, 6) is 0. The van der Waals surface area contributed by atoms with E-state index < -0.39 is 16.5 Å². The summed E-state index contributed by atoms with van der Waals surface area (Å²) in [7, 11) is -5.62. The van der Waals surface area contributed by atoms with Crippen LogP contribution < -0.4 is 4.89 Å². The quantitative estimate of drug-likeness (QED) is 0.506. The van der Waals surface area contributed by atoms with Crippen LogP contribution in [0.5, 0.6) is 0 Å². The van der Waals surface area contributed by atoms with Crippen LogP contribution in [-0.2, 0) is 18.0 Å². The van der Waals surface area contributed by atoms with Crippen LogP contribution in [0, 0.1) is 0 Å². The second-order valence-electron chi connectivity index (χ2n) is 1.39. The summed E-state index contributed by atoms with van der Waals surface area (Å²) in [4.78, 5) is 9.78. The van der Waals surface area contributed by atoms with Gasteiger partial charge in [-0.15, -0.1) is 4.52 Å². The third-order valence-electron chi connectivity index (χ3n) is 0.645. The van der Waals surface area contributed by atoms with Gasteiger partial charge >= 0.3 is 16.5 Å². The van der Waals surface area contributed by atoms with E-state index in [0.29, 0.717) is 0 Å². The first-order chi connectivity index (χ1) is 5.16. The second-order valence-corrected chi connectivity index (χ2v) is 3.20. The zero-order valence-electron chi connectivity index (χ0n) is 6.69. The standard InChI is InChI=1S/C4H7O5P2.2H2O/c1-2-3-4-8-11(7)9-10(5)6;;/h2-3H,4H2,1H3;2*1H2/q+1;;/p-2/b3-2+;;. The van der Waals surface area contributed by atoms with E-state index in [1.807, 2.05) is 0 Å². The molecule has 2 atom stereocenters. The lowest BCUT2D eigenvalue weighted by molar-refractivity contribution is -0.178. The normalized spacial score (nSPS) is 11.5. The molecule has 9 heteroatoms. The zero-order chi connectivity index (χ0) is 8.69. The Kier molecular flexibility index (Phi) is 16.7. The molecule has 0 aromatic carbocycles. The Hall–Kier alpha value is -0.260. The van der Waals surface area contributed by atoms with Crippen LogP contribution in [-0.4, -0.2) is 17.6 Å². The van der Waals surface area contributed by atoms with E-state index >= 15 is 0 Å².